The van der Waals surface area contributed by atoms with E-state index in [4.69, 9.17) is 21.4 Å². The standard InChI is InChI=1S/C22H19ClFN5O2/c1-11-8-15(28-22(31)20(30)13-4-3-5-14(24)9-13)6-7-16(11)18-19-21(25)26-10-17(23)29(19)12(2)27-18/h3-10,20,30H,1-2H3,(H2,25,26)(H,28,31)/t20-/m1/s1/i2D3. The summed E-state index contributed by atoms with van der Waals surface area (Å²) in [6.07, 6.45) is -0.317. The second-order valence-corrected chi connectivity index (χ2v) is 7.30. The monoisotopic (exact) mass is 442 g/mol. The number of halogens is 2. The number of aryl methyl sites for hydroxylation is 2. The Morgan fingerprint density at radius 1 is 1.35 bits per heavy atom. The van der Waals surface area contributed by atoms with Crippen molar-refractivity contribution in [2.24, 2.45) is 0 Å². The van der Waals surface area contributed by atoms with Crippen molar-refractivity contribution in [3.05, 3.63) is 76.6 Å². The molecule has 0 aliphatic heterocycles. The van der Waals surface area contributed by atoms with Crippen molar-refractivity contribution in [2.75, 3.05) is 11.1 Å². The first-order chi connectivity index (χ1) is 16.0. The van der Waals surface area contributed by atoms with Gasteiger partial charge in [0.2, 0.25) is 0 Å². The van der Waals surface area contributed by atoms with Gasteiger partial charge in [0.25, 0.3) is 5.91 Å². The highest BCUT2D eigenvalue weighted by molar-refractivity contribution is 6.29. The number of amides is 1. The summed E-state index contributed by atoms with van der Waals surface area (Å²) in [4.78, 5) is 20.8. The molecule has 0 fully saturated rings. The zero-order valence-corrected chi connectivity index (χ0v) is 17.0. The molecule has 0 aliphatic rings. The fraction of sp³-hybridized carbons (Fsp3) is 0.136. The molecule has 0 spiro atoms. The summed E-state index contributed by atoms with van der Waals surface area (Å²) in [7, 11) is 0. The number of aliphatic hydroxyl groups is 1. The first-order valence-corrected chi connectivity index (χ1v) is 9.53. The van der Waals surface area contributed by atoms with E-state index in [0.29, 0.717) is 16.8 Å². The number of aliphatic hydroxyl groups excluding tert-OH is 1. The van der Waals surface area contributed by atoms with Crippen LogP contribution in [0.1, 0.15) is 27.2 Å². The lowest BCUT2D eigenvalue weighted by molar-refractivity contribution is -0.124. The van der Waals surface area contributed by atoms with Crippen LogP contribution in [0.4, 0.5) is 15.9 Å². The van der Waals surface area contributed by atoms with Crippen LogP contribution in [0.5, 0.6) is 0 Å². The number of anilines is 2. The highest BCUT2D eigenvalue weighted by atomic mass is 35.5. The number of benzene rings is 2. The van der Waals surface area contributed by atoms with Gasteiger partial charge in [0.15, 0.2) is 6.10 Å². The molecule has 0 bridgehead atoms. The van der Waals surface area contributed by atoms with Crippen molar-refractivity contribution >= 4 is 34.5 Å². The molecule has 0 saturated carbocycles. The van der Waals surface area contributed by atoms with Gasteiger partial charge < -0.3 is 16.2 Å². The predicted octanol–water partition coefficient (Wildman–Crippen LogP) is 4.06. The summed E-state index contributed by atoms with van der Waals surface area (Å²) in [5, 5.41) is 12.9. The van der Waals surface area contributed by atoms with Crippen LogP contribution in [0.3, 0.4) is 0 Å². The van der Waals surface area contributed by atoms with Crippen LogP contribution in [-0.2, 0) is 4.79 Å². The Morgan fingerprint density at radius 2 is 2.16 bits per heavy atom. The van der Waals surface area contributed by atoms with E-state index in [1.807, 2.05) is 0 Å². The number of fused-ring (bicyclic) bond motifs is 1. The number of imidazole rings is 1. The molecule has 0 unspecified atom stereocenters. The molecule has 2 aromatic heterocycles. The molecular formula is C22H19ClFN5O2. The summed E-state index contributed by atoms with van der Waals surface area (Å²) < 4.78 is 38.1. The summed E-state index contributed by atoms with van der Waals surface area (Å²) in [5.74, 6) is -1.51. The van der Waals surface area contributed by atoms with E-state index in [2.05, 4.69) is 15.3 Å². The van der Waals surface area contributed by atoms with Gasteiger partial charge in [0.05, 0.1) is 6.20 Å². The van der Waals surface area contributed by atoms with Gasteiger partial charge in [-0.15, -0.1) is 0 Å². The number of nitrogens with zero attached hydrogens (tertiary/aromatic N) is 3. The summed E-state index contributed by atoms with van der Waals surface area (Å²) in [5.41, 5.74) is 8.23. The number of hydrogen-bond donors (Lipinski definition) is 3. The van der Waals surface area contributed by atoms with E-state index in [1.165, 1.54) is 28.8 Å². The lowest BCUT2D eigenvalue weighted by atomic mass is 10.0. The van der Waals surface area contributed by atoms with Gasteiger partial charge in [-0.1, -0.05) is 29.8 Å². The van der Waals surface area contributed by atoms with E-state index in [9.17, 15) is 14.3 Å². The molecule has 4 aromatic rings. The molecule has 2 aromatic carbocycles. The third kappa shape index (κ3) is 3.83. The number of nitrogens with two attached hydrogens (primary N) is 1. The Hall–Kier alpha value is -3.49. The van der Waals surface area contributed by atoms with Gasteiger partial charge >= 0.3 is 0 Å². The molecule has 158 valence electrons. The van der Waals surface area contributed by atoms with Crippen LogP contribution >= 0.6 is 11.6 Å². The van der Waals surface area contributed by atoms with Gasteiger partial charge in [-0.05, 0) is 49.2 Å². The van der Waals surface area contributed by atoms with Crippen LogP contribution in [0.25, 0.3) is 16.8 Å². The van der Waals surface area contributed by atoms with Crippen molar-refractivity contribution in [1.82, 2.24) is 14.4 Å². The van der Waals surface area contributed by atoms with Gasteiger partial charge in [-0.3, -0.25) is 9.20 Å². The van der Waals surface area contributed by atoms with Crippen LogP contribution in [-0.4, -0.2) is 25.4 Å². The number of hydrogen-bond acceptors (Lipinski definition) is 5. The summed E-state index contributed by atoms with van der Waals surface area (Å²) >= 11 is 6.21. The fourth-order valence-corrected chi connectivity index (χ4v) is 3.55. The molecule has 4 N–H and O–H groups in total. The minimum absolute atomic E-state index is 0.0435. The largest absolute Gasteiger partial charge is 0.382 e. The van der Waals surface area contributed by atoms with E-state index in [-0.39, 0.29) is 33.6 Å². The maximum absolute atomic E-state index is 13.4. The fourth-order valence-electron chi connectivity index (χ4n) is 3.34. The minimum Gasteiger partial charge on any atom is -0.382 e. The first kappa shape index (κ1) is 17.2. The molecule has 0 aliphatic carbocycles. The van der Waals surface area contributed by atoms with Gasteiger partial charge in [-0.25, -0.2) is 14.4 Å². The smallest absolute Gasteiger partial charge is 0.257 e. The number of rotatable bonds is 4. The highest BCUT2D eigenvalue weighted by Gasteiger charge is 2.20. The van der Waals surface area contributed by atoms with Gasteiger partial charge in [0, 0.05) is 15.4 Å². The SMILES string of the molecule is [2H]C([2H])([2H])c1nc(-c2ccc(NC(=O)[C@H](O)c3cccc(F)c3)cc2C)c2c(N)ncc(Cl)n12. The molecular weight excluding hydrogens is 421 g/mol. The summed E-state index contributed by atoms with van der Waals surface area (Å²) in [6.45, 7) is -0.824. The molecule has 1 amide bonds. The quantitative estimate of drug-likeness (QED) is 0.442. The zero-order valence-electron chi connectivity index (χ0n) is 19.2. The predicted molar refractivity (Wildman–Crippen MR) is 117 cm³/mol. The third-order valence-corrected chi connectivity index (χ3v) is 5.07. The molecule has 9 heteroatoms. The average molecular weight is 443 g/mol. The second kappa shape index (κ2) is 7.98. The number of nitrogen functional groups attached to an aromatic ring is 1. The van der Waals surface area contributed by atoms with Crippen LogP contribution < -0.4 is 11.1 Å². The summed E-state index contributed by atoms with van der Waals surface area (Å²) in [6, 6.07) is 9.95. The van der Waals surface area contributed by atoms with Gasteiger partial charge in [-0.2, -0.15) is 0 Å². The van der Waals surface area contributed by atoms with Crippen molar-refractivity contribution in [3.63, 3.8) is 0 Å². The van der Waals surface area contributed by atoms with Crippen LogP contribution in [0.2, 0.25) is 5.15 Å². The third-order valence-electron chi connectivity index (χ3n) is 4.81. The molecule has 0 radical (unpaired) electrons. The molecule has 0 saturated heterocycles. The zero-order chi connectivity index (χ0) is 24.8. The number of carbonyl (C=O) groups excluding carboxylic acids is 1. The van der Waals surface area contributed by atoms with E-state index < -0.39 is 24.7 Å². The Bertz CT molecular complexity index is 1420. The van der Waals surface area contributed by atoms with E-state index in [0.717, 1.165) is 6.07 Å². The van der Waals surface area contributed by atoms with Crippen molar-refractivity contribution < 1.29 is 18.4 Å². The number of nitrogens with one attached hydrogen (secondary N) is 1. The average Bonchev–Trinajstić information content (AvgIpc) is 3.18. The number of aromatic nitrogens is 3. The minimum atomic E-state index is -2.56. The maximum atomic E-state index is 13.4. The number of carbonyl (C=O) groups is 1. The Labute approximate surface area is 186 Å². The lowest BCUT2D eigenvalue weighted by Crippen LogP contribution is -2.21. The van der Waals surface area contributed by atoms with E-state index in [1.54, 1.807) is 25.1 Å². The second-order valence-electron chi connectivity index (χ2n) is 6.91. The Morgan fingerprint density at radius 3 is 2.87 bits per heavy atom. The van der Waals surface area contributed by atoms with E-state index >= 15 is 0 Å². The van der Waals surface area contributed by atoms with Crippen LogP contribution in [0.15, 0.2) is 48.7 Å². The molecule has 2 heterocycles. The Balaban J connectivity index is 1.71. The molecule has 31 heavy (non-hydrogen) atoms. The maximum Gasteiger partial charge on any atom is 0.257 e. The highest BCUT2D eigenvalue weighted by Crippen LogP contribution is 2.33. The van der Waals surface area contributed by atoms with Crippen molar-refractivity contribution in [1.29, 1.82) is 0 Å². The van der Waals surface area contributed by atoms with Gasteiger partial charge in [0.1, 0.15) is 33.8 Å². The molecule has 7 nitrogen and oxygen atoms in total. The molecule has 1 atom stereocenters. The first-order valence-electron chi connectivity index (χ1n) is 10.7. The Kier molecular flexibility index (Phi) is 4.43. The lowest BCUT2D eigenvalue weighted by Gasteiger charge is -2.13. The topological polar surface area (TPSA) is 106 Å². The molecule has 4 rings (SSSR count). The van der Waals surface area contributed by atoms with Crippen LogP contribution in [0, 0.1) is 19.6 Å². The van der Waals surface area contributed by atoms with Crippen molar-refractivity contribution in [3.8, 4) is 11.3 Å². The van der Waals surface area contributed by atoms with Crippen molar-refractivity contribution in [2.45, 2.75) is 19.9 Å². The normalized spacial score (nSPS) is 14.0.